The molecular formula is C20H36O6. The fourth-order valence-corrected chi connectivity index (χ4v) is 3.91. The average Bonchev–Trinajstić information content (AvgIpc) is 2.96. The summed E-state index contributed by atoms with van der Waals surface area (Å²) in [5.41, 5.74) is 0. The largest absolute Gasteiger partial charge is 0.477 e. The molecular weight excluding hydrogens is 336 g/mol. The molecule has 0 saturated heterocycles. The van der Waals surface area contributed by atoms with E-state index in [9.17, 15) is 14.7 Å². The molecule has 0 spiro atoms. The zero-order valence-electron chi connectivity index (χ0n) is 16.1. The first-order chi connectivity index (χ1) is 12.4. The van der Waals surface area contributed by atoms with Crippen LogP contribution in [0.1, 0.15) is 84.0 Å². The van der Waals surface area contributed by atoms with Crippen LogP contribution < -0.4 is 0 Å². The lowest BCUT2D eigenvalue weighted by Gasteiger charge is -2.24. The van der Waals surface area contributed by atoms with Crippen molar-refractivity contribution in [1.29, 1.82) is 0 Å². The molecule has 0 aromatic heterocycles. The number of hydrogen-bond donors (Lipinski definition) is 3. The second kappa shape index (κ2) is 12.4. The molecule has 0 aromatic rings. The number of unbranched alkanes of at least 4 members (excludes halogenated alkanes) is 5. The van der Waals surface area contributed by atoms with Crippen LogP contribution in [0.25, 0.3) is 0 Å². The average molecular weight is 373 g/mol. The summed E-state index contributed by atoms with van der Waals surface area (Å²) in [7, 11) is 0. The van der Waals surface area contributed by atoms with Crippen molar-refractivity contribution >= 4 is 11.8 Å². The molecule has 1 aliphatic rings. The van der Waals surface area contributed by atoms with Gasteiger partial charge in [0.05, 0.1) is 13.2 Å². The first-order valence-electron chi connectivity index (χ1n) is 10.2. The Balaban J connectivity index is 2.34. The minimum atomic E-state index is -2.25. The van der Waals surface area contributed by atoms with Gasteiger partial charge < -0.3 is 20.1 Å². The zero-order valence-corrected chi connectivity index (χ0v) is 16.1. The van der Waals surface area contributed by atoms with Crippen LogP contribution in [-0.4, -0.2) is 46.1 Å². The van der Waals surface area contributed by atoms with E-state index in [1.165, 1.54) is 32.1 Å². The van der Waals surface area contributed by atoms with Crippen LogP contribution in [0.4, 0.5) is 0 Å². The van der Waals surface area contributed by atoms with Crippen LogP contribution in [0, 0.1) is 11.8 Å². The molecule has 6 nitrogen and oxygen atoms in total. The summed E-state index contributed by atoms with van der Waals surface area (Å²) in [5.74, 6) is -2.78. The number of hydrogen-bond acceptors (Lipinski definition) is 5. The van der Waals surface area contributed by atoms with Crippen molar-refractivity contribution in [3.05, 3.63) is 0 Å². The fraction of sp³-hybridized carbons (Fsp3) is 0.900. The number of carbonyl (C=O) groups is 2. The van der Waals surface area contributed by atoms with E-state index in [1.807, 2.05) is 0 Å². The number of aliphatic hydroxyl groups excluding tert-OH is 1. The third kappa shape index (κ3) is 7.72. The van der Waals surface area contributed by atoms with Gasteiger partial charge in [0.2, 0.25) is 0 Å². The van der Waals surface area contributed by atoms with Crippen molar-refractivity contribution < 1.29 is 29.6 Å². The van der Waals surface area contributed by atoms with E-state index in [2.05, 4.69) is 6.92 Å². The van der Waals surface area contributed by atoms with Gasteiger partial charge in [0.25, 0.3) is 5.79 Å². The maximum absolute atomic E-state index is 12.2. The van der Waals surface area contributed by atoms with E-state index >= 15 is 0 Å². The van der Waals surface area contributed by atoms with Crippen molar-refractivity contribution in [1.82, 2.24) is 0 Å². The Morgan fingerprint density at radius 1 is 1.15 bits per heavy atom. The van der Waals surface area contributed by atoms with E-state index in [1.54, 1.807) is 0 Å². The molecule has 6 heteroatoms. The van der Waals surface area contributed by atoms with Gasteiger partial charge >= 0.3 is 5.97 Å². The molecule has 1 fully saturated rings. The lowest BCUT2D eigenvalue weighted by molar-refractivity contribution is -0.228. The number of rotatable bonds is 15. The Morgan fingerprint density at radius 3 is 2.50 bits per heavy atom. The standard InChI is InChI=1S/C20H36O6/c1-2-3-4-5-6-9-16-11-12-18(22)17(16)10-7-8-13-20(25,19(23)24)26-15-14-21/h16-17,21,25H,2-15H2,1H3,(H,23,24)/t16-,17+,20?/m0/s1. The smallest absolute Gasteiger partial charge is 0.364 e. The van der Waals surface area contributed by atoms with Gasteiger partial charge in [0.15, 0.2) is 0 Å². The third-order valence-corrected chi connectivity index (χ3v) is 5.47. The van der Waals surface area contributed by atoms with Gasteiger partial charge in [-0.2, -0.15) is 0 Å². The minimum absolute atomic E-state index is 0.0368. The van der Waals surface area contributed by atoms with Gasteiger partial charge in [-0.05, 0) is 31.6 Å². The summed E-state index contributed by atoms with van der Waals surface area (Å²) in [4.78, 5) is 23.3. The topological polar surface area (TPSA) is 104 Å². The normalized spacial score (nSPS) is 22.5. The van der Waals surface area contributed by atoms with Gasteiger partial charge in [0, 0.05) is 18.8 Å². The van der Waals surface area contributed by atoms with Crippen molar-refractivity contribution in [2.24, 2.45) is 11.8 Å². The maximum Gasteiger partial charge on any atom is 0.364 e. The van der Waals surface area contributed by atoms with Crippen molar-refractivity contribution in [3.63, 3.8) is 0 Å². The highest BCUT2D eigenvalue weighted by atomic mass is 16.6. The number of Topliss-reactive ketones (excluding diaryl/α,β-unsaturated/α-hetero) is 1. The quantitative estimate of drug-likeness (QED) is 0.301. The van der Waals surface area contributed by atoms with Crippen LogP contribution in [0.3, 0.4) is 0 Å². The van der Waals surface area contributed by atoms with Crippen LogP contribution in [-0.2, 0) is 14.3 Å². The van der Waals surface area contributed by atoms with Crippen molar-refractivity contribution in [2.45, 2.75) is 89.8 Å². The van der Waals surface area contributed by atoms with Gasteiger partial charge in [-0.15, -0.1) is 0 Å². The van der Waals surface area contributed by atoms with Crippen LogP contribution in [0.5, 0.6) is 0 Å². The lowest BCUT2D eigenvalue weighted by atomic mass is 9.86. The lowest BCUT2D eigenvalue weighted by Crippen LogP contribution is -2.42. The Morgan fingerprint density at radius 2 is 1.85 bits per heavy atom. The summed E-state index contributed by atoms with van der Waals surface area (Å²) in [6, 6.07) is 0. The number of ketones is 1. The molecule has 3 atom stereocenters. The predicted molar refractivity (Wildman–Crippen MR) is 98.7 cm³/mol. The maximum atomic E-state index is 12.2. The molecule has 0 amide bonds. The molecule has 26 heavy (non-hydrogen) atoms. The SMILES string of the molecule is CCCCCCC[C@H]1CCC(=O)[C@@H]1CCCCC(O)(OCCO)C(=O)O. The molecule has 1 unspecified atom stereocenters. The second-order valence-corrected chi connectivity index (χ2v) is 7.48. The summed E-state index contributed by atoms with van der Waals surface area (Å²) >= 11 is 0. The van der Waals surface area contributed by atoms with E-state index in [0.29, 0.717) is 31.0 Å². The molecule has 1 aliphatic carbocycles. The molecule has 0 radical (unpaired) electrons. The second-order valence-electron chi connectivity index (χ2n) is 7.48. The first-order valence-corrected chi connectivity index (χ1v) is 10.2. The van der Waals surface area contributed by atoms with Crippen LogP contribution in [0.15, 0.2) is 0 Å². The summed E-state index contributed by atoms with van der Waals surface area (Å²) in [5, 5.41) is 27.8. The molecule has 1 saturated carbocycles. The summed E-state index contributed by atoms with van der Waals surface area (Å²) < 4.78 is 4.88. The van der Waals surface area contributed by atoms with Crippen molar-refractivity contribution in [3.8, 4) is 0 Å². The van der Waals surface area contributed by atoms with Crippen LogP contribution >= 0.6 is 0 Å². The summed E-state index contributed by atoms with van der Waals surface area (Å²) in [6.45, 7) is 1.64. The Bertz CT molecular complexity index is 425. The molecule has 0 heterocycles. The summed E-state index contributed by atoms with van der Waals surface area (Å²) in [6.07, 6.45) is 10.8. The number of ether oxygens (including phenoxy) is 1. The first kappa shape index (κ1) is 23.1. The number of carbonyl (C=O) groups excluding carboxylic acids is 1. The van der Waals surface area contributed by atoms with Gasteiger partial charge in [-0.3, -0.25) is 4.79 Å². The van der Waals surface area contributed by atoms with E-state index in [4.69, 9.17) is 14.9 Å². The monoisotopic (exact) mass is 372 g/mol. The van der Waals surface area contributed by atoms with Gasteiger partial charge in [-0.1, -0.05) is 45.4 Å². The highest BCUT2D eigenvalue weighted by molar-refractivity contribution is 5.83. The number of carboxylic acid groups (broad SMARTS) is 1. The molecule has 1 rings (SSSR count). The minimum Gasteiger partial charge on any atom is -0.477 e. The number of aliphatic hydroxyl groups is 2. The van der Waals surface area contributed by atoms with Crippen LogP contribution in [0.2, 0.25) is 0 Å². The highest BCUT2D eigenvalue weighted by Crippen LogP contribution is 2.36. The van der Waals surface area contributed by atoms with Crippen molar-refractivity contribution in [2.75, 3.05) is 13.2 Å². The zero-order chi connectivity index (χ0) is 19.4. The molecule has 0 aromatic carbocycles. The number of aliphatic carboxylic acids is 1. The van der Waals surface area contributed by atoms with E-state index < -0.39 is 11.8 Å². The molecule has 0 aliphatic heterocycles. The molecule has 3 N–H and O–H groups in total. The Labute approximate surface area is 156 Å². The molecule has 152 valence electrons. The fourth-order valence-electron chi connectivity index (χ4n) is 3.91. The van der Waals surface area contributed by atoms with Gasteiger partial charge in [0.1, 0.15) is 5.78 Å². The number of carboxylic acids is 1. The Kier molecular flexibility index (Phi) is 11.0. The van der Waals surface area contributed by atoms with E-state index in [0.717, 1.165) is 19.3 Å². The predicted octanol–water partition coefficient (Wildman–Crippen LogP) is 3.28. The highest BCUT2D eigenvalue weighted by Gasteiger charge is 2.37. The molecule has 0 bridgehead atoms. The third-order valence-electron chi connectivity index (χ3n) is 5.47. The van der Waals surface area contributed by atoms with E-state index in [-0.39, 0.29) is 25.6 Å². The Hall–Kier alpha value is -0.980. The van der Waals surface area contributed by atoms with Gasteiger partial charge in [-0.25, -0.2) is 4.79 Å².